The van der Waals surface area contributed by atoms with Gasteiger partial charge in [-0.3, -0.25) is 9.69 Å². The van der Waals surface area contributed by atoms with Crippen molar-refractivity contribution in [1.29, 1.82) is 0 Å². The average molecular weight is 280 g/mol. The monoisotopic (exact) mass is 280 g/mol. The number of benzene rings is 1. The van der Waals surface area contributed by atoms with Crippen LogP contribution in [0.4, 0.5) is 0 Å². The van der Waals surface area contributed by atoms with E-state index in [1.807, 2.05) is 55.1 Å². The van der Waals surface area contributed by atoms with Crippen LogP contribution in [0.5, 0.6) is 5.75 Å². The Kier molecular flexibility index (Phi) is 7.04. The Hall–Kier alpha value is -1.59. The SMILES string of the molecule is Cc1ccc(OCCN(CCN(C)C)CC(=O)O)cc1. The van der Waals surface area contributed by atoms with E-state index in [9.17, 15) is 4.79 Å². The number of aryl methyl sites for hydroxylation is 1. The minimum Gasteiger partial charge on any atom is -0.492 e. The van der Waals surface area contributed by atoms with Gasteiger partial charge in [0.05, 0.1) is 6.54 Å². The maximum Gasteiger partial charge on any atom is 0.317 e. The molecule has 0 bridgehead atoms. The van der Waals surface area contributed by atoms with Gasteiger partial charge in [-0.15, -0.1) is 0 Å². The third-order valence-electron chi connectivity index (χ3n) is 2.92. The smallest absolute Gasteiger partial charge is 0.317 e. The highest BCUT2D eigenvalue weighted by Gasteiger charge is 2.10. The van der Waals surface area contributed by atoms with Gasteiger partial charge >= 0.3 is 5.97 Å². The van der Waals surface area contributed by atoms with E-state index in [0.29, 0.717) is 13.2 Å². The first kappa shape index (κ1) is 16.5. The van der Waals surface area contributed by atoms with Gasteiger partial charge in [0, 0.05) is 19.6 Å². The summed E-state index contributed by atoms with van der Waals surface area (Å²) >= 11 is 0. The van der Waals surface area contributed by atoms with Crippen LogP contribution >= 0.6 is 0 Å². The molecule has 0 saturated heterocycles. The van der Waals surface area contributed by atoms with E-state index in [0.717, 1.165) is 18.8 Å². The van der Waals surface area contributed by atoms with Gasteiger partial charge in [-0.2, -0.15) is 0 Å². The number of hydrogen-bond acceptors (Lipinski definition) is 4. The van der Waals surface area contributed by atoms with Gasteiger partial charge in [0.1, 0.15) is 12.4 Å². The molecule has 1 rings (SSSR count). The van der Waals surface area contributed by atoms with Gasteiger partial charge in [0.2, 0.25) is 0 Å². The van der Waals surface area contributed by atoms with E-state index in [1.165, 1.54) is 5.56 Å². The van der Waals surface area contributed by atoms with Crippen LogP contribution in [0.25, 0.3) is 0 Å². The Morgan fingerprint density at radius 1 is 1.15 bits per heavy atom. The molecule has 0 saturated carbocycles. The van der Waals surface area contributed by atoms with Crippen molar-refractivity contribution in [2.75, 3.05) is 46.9 Å². The largest absolute Gasteiger partial charge is 0.492 e. The van der Waals surface area contributed by atoms with Crippen molar-refractivity contribution < 1.29 is 14.6 Å². The Bertz CT molecular complexity index is 404. The van der Waals surface area contributed by atoms with Crippen LogP contribution < -0.4 is 4.74 Å². The molecule has 0 heterocycles. The summed E-state index contributed by atoms with van der Waals surface area (Å²) in [7, 11) is 3.95. The number of nitrogens with zero attached hydrogens (tertiary/aromatic N) is 2. The van der Waals surface area contributed by atoms with E-state index in [1.54, 1.807) is 0 Å². The van der Waals surface area contributed by atoms with Crippen molar-refractivity contribution in [2.24, 2.45) is 0 Å². The second-order valence-electron chi connectivity index (χ2n) is 5.13. The summed E-state index contributed by atoms with van der Waals surface area (Å²) in [6, 6.07) is 7.85. The highest BCUT2D eigenvalue weighted by molar-refractivity contribution is 5.69. The van der Waals surface area contributed by atoms with Gasteiger partial charge in [-0.05, 0) is 33.2 Å². The number of carboxylic acid groups (broad SMARTS) is 1. The molecule has 0 aromatic heterocycles. The third kappa shape index (κ3) is 7.11. The van der Waals surface area contributed by atoms with Crippen LogP contribution in [0.3, 0.4) is 0 Å². The second-order valence-corrected chi connectivity index (χ2v) is 5.13. The van der Waals surface area contributed by atoms with Gasteiger partial charge < -0.3 is 14.7 Å². The van der Waals surface area contributed by atoms with Gasteiger partial charge in [0.25, 0.3) is 0 Å². The number of carbonyl (C=O) groups is 1. The number of hydrogen-bond donors (Lipinski definition) is 1. The lowest BCUT2D eigenvalue weighted by Crippen LogP contribution is -2.38. The van der Waals surface area contributed by atoms with Crippen molar-refractivity contribution in [3.05, 3.63) is 29.8 Å². The van der Waals surface area contributed by atoms with E-state index < -0.39 is 5.97 Å². The summed E-state index contributed by atoms with van der Waals surface area (Å²) in [6.07, 6.45) is 0. The molecule has 1 N–H and O–H groups in total. The maximum atomic E-state index is 10.8. The topological polar surface area (TPSA) is 53.0 Å². The van der Waals surface area contributed by atoms with Crippen LogP contribution in [-0.4, -0.2) is 67.8 Å². The molecular formula is C15H24N2O3. The van der Waals surface area contributed by atoms with Crippen LogP contribution in [0.1, 0.15) is 5.56 Å². The molecule has 0 spiro atoms. The molecule has 0 aliphatic rings. The van der Waals surface area contributed by atoms with Gasteiger partial charge in [0.15, 0.2) is 0 Å². The fraction of sp³-hybridized carbons (Fsp3) is 0.533. The molecule has 5 heteroatoms. The number of rotatable bonds is 9. The zero-order chi connectivity index (χ0) is 15.0. The summed E-state index contributed by atoms with van der Waals surface area (Å²) in [5.41, 5.74) is 1.19. The zero-order valence-corrected chi connectivity index (χ0v) is 12.5. The summed E-state index contributed by atoms with van der Waals surface area (Å²) in [5, 5.41) is 8.90. The summed E-state index contributed by atoms with van der Waals surface area (Å²) < 4.78 is 5.63. The van der Waals surface area contributed by atoms with Crippen molar-refractivity contribution in [1.82, 2.24) is 9.80 Å². The summed E-state index contributed by atoms with van der Waals surface area (Å²) in [5.74, 6) is 0.0116. The van der Waals surface area contributed by atoms with Crippen LogP contribution in [0.2, 0.25) is 0 Å². The van der Waals surface area contributed by atoms with E-state index in [2.05, 4.69) is 0 Å². The standard InChI is InChI=1S/C15H24N2O3/c1-13-4-6-14(7-5-13)20-11-10-17(12-15(18)19)9-8-16(2)3/h4-7H,8-12H2,1-3H3,(H,18,19). The highest BCUT2D eigenvalue weighted by atomic mass is 16.5. The Morgan fingerprint density at radius 2 is 1.80 bits per heavy atom. The molecule has 0 unspecified atom stereocenters. The lowest BCUT2D eigenvalue weighted by molar-refractivity contribution is -0.138. The highest BCUT2D eigenvalue weighted by Crippen LogP contribution is 2.11. The first-order valence-electron chi connectivity index (χ1n) is 6.75. The molecule has 0 atom stereocenters. The first-order chi connectivity index (χ1) is 9.47. The minimum absolute atomic E-state index is 0.0467. The molecule has 112 valence electrons. The van der Waals surface area contributed by atoms with Crippen LogP contribution in [0, 0.1) is 6.92 Å². The van der Waals surface area contributed by atoms with E-state index in [-0.39, 0.29) is 6.54 Å². The minimum atomic E-state index is -0.806. The predicted octanol–water partition coefficient (Wildman–Crippen LogP) is 1.32. The Balaban J connectivity index is 2.36. The average Bonchev–Trinajstić information content (AvgIpc) is 2.37. The van der Waals surface area contributed by atoms with Crippen molar-refractivity contribution in [3.8, 4) is 5.75 Å². The predicted molar refractivity (Wildman–Crippen MR) is 79.3 cm³/mol. The Labute approximate surface area is 120 Å². The molecule has 0 aliphatic carbocycles. The first-order valence-corrected chi connectivity index (χ1v) is 6.75. The van der Waals surface area contributed by atoms with E-state index in [4.69, 9.17) is 9.84 Å². The van der Waals surface area contributed by atoms with E-state index >= 15 is 0 Å². The third-order valence-corrected chi connectivity index (χ3v) is 2.92. The number of ether oxygens (including phenoxy) is 1. The van der Waals surface area contributed by atoms with Crippen molar-refractivity contribution in [2.45, 2.75) is 6.92 Å². The quantitative estimate of drug-likeness (QED) is 0.739. The molecule has 20 heavy (non-hydrogen) atoms. The van der Waals surface area contributed by atoms with Gasteiger partial charge in [-0.25, -0.2) is 0 Å². The molecule has 0 fully saturated rings. The van der Waals surface area contributed by atoms with Crippen LogP contribution in [-0.2, 0) is 4.79 Å². The van der Waals surface area contributed by atoms with Crippen molar-refractivity contribution >= 4 is 5.97 Å². The van der Waals surface area contributed by atoms with Crippen molar-refractivity contribution in [3.63, 3.8) is 0 Å². The maximum absolute atomic E-state index is 10.8. The molecule has 0 aliphatic heterocycles. The fourth-order valence-corrected chi connectivity index (χ4v) is 1.73. The normalized spacial score (nSPS) is 11.1. The molecule has 0 radical (unpaired) electrons. The molecular weight excluding hydrogens is 256 g/mol. The summed E-state index contributed by atoms with van der Waals surface area (Å²) in [4.78, 5) is 14.8. The van der Waals surface area contributed by atoms with Crippen LogP contribution in [0.15, 0.2) is 24.3 Å². The molecule has 5 nitrogen and oxygen atoms in total. The summed E-state index contributed by atoms with van der Waals surface area (Å²) in [6.45, 7) is 4.72. The number of aliphatic carboxylic acids is 1. The molecule has 0 amide bonds. The molecule has 1 aromatic rings. The fourth-order valence-electron chi connectivity index (χ4n) is 1.73. The lowest BCUT2D eigenvalue weighted by Gasteiger charge is -2.22. The zero-order valence-electron chi connectivity index (χ0n) is 12.5. The number of likely N-dealkylation sites (N-methyl/N-ethyl adjacent to an activating group) is 1. The second kappa shape index (κ2) is 8.55. The molecule has 1 aromatic carbocycles. The number of carboxylic acids is 1. The van der Waals surface area contributed by atoms with Gasteiger partial charge in [-0.1, -0.05) is 17.7 Å². The Morgan fingerprint density at radius 3 is 2.35 bits per heavy atom. The lowest BCUT2D eigenvalue weighted by atomic mass is 10.2.